The Balaban J connectivity index is 1.51. The Bertz CT molecular complexity index is 1120. The molecule has 1 unspecified atom stereocenters. The van der Waals surface area contributed by atoms with Crippen molar-refractivity contribution in [1.29, 1.82) is 0 Å². The molecule has 0 N–H and O–H groups in total. The molecular formula is C21H18ClN5OS. The van der Waals surface area contributed by atoms with Crippen LogP contribution in [0.2, 0.25) is 5.02 Å². The molecule has 0 bridgehead atoms. The van der Waals surface area contributed by atoms with Crippen LogP contribution in [0.25, 0.3) is 17.1 Å². The summed E-state index contributed by atoms with van der Waals surface area (Å²) in [5.74, 6) is 2.66. The second-order valence-corrected chi connectivity index (χ2v) is 8.75. The van der Waals surface area contributed by atoms with E-state index in [1.807, 2.05) is 66.1 Å². The van der Waals surface area contributed by atoms with Gasteiger partial charge >= 0.3 is 0 Å². The number of halogens is 1. The van der Waals surface area contributed by atoms with Gasteiger partial charge in [-0.05, 0) is 56.2 Å². The molecule has 1 aliphatic rings. The third kappa shape index (κ3) is 3.80. The van der Waals surface area contributed by atoms with Crippen LogP contribution in [-0.4, -0.2) is 24.9 Å². The summed E-state index contributed by atoms with van der Waals surface area (Å²) in [6, 6.07) is 17.7. The van der Waals surface area contributed by atoms with E-state index >= 15 is 0 Å². The molecule has 2 heterocycles. The number of aromatic nitrogens is 5. The fraction of sp³-hybridized carbons (Fsp3) is 0.238. The van der Waals surface area contributed by atoms with Crippen molar-refractivity contribution in [3.8, 4) is 17.1 Å². The number of hydrogen-bond acceptors (Lipinski definition) is 6. The predicted molar refractivity (Wildman–Crippen MR) is 112 cm³/mol. The van der Waals surface area contributed by atoms with E-state index in [0.717, 1.165) is 40.9 Å². The highest BCUT2D eigenvalue weighted by Gasteiger charge is 2.30. The smallest absolute Gasteiger partial charge is 0.239 e. The van der Waals surface area contributed by atoms with Crippen molar-refractivity contribution < 1.29 is 4.52 Å². The summed E-state index contributed by atoms with van der Waals surface area (Å²) in [5.41, 5.74) is 1.93. The van der Waals surface area contributed by atoms with E-state index in [4.69, 9.17) is 16.1 Å². The molecule has 2 aromatic heterocycles. The van der Waals surface area contributed by atoms with Crippen LogP contribution in [0.15, 0.2) is 64.3 Å². The molecule has 8 heteroatoms. The molecule has 0 amide bonds. The Hall–Kier alpha value is -2.64. The predicted octanol–water partition coefficient (Wildman–Crippen LogP) is 5.70. The minimum absolute atomic E-state index is 0.0419. The summed E-state index contributed by atoms with van der Waals surface area (Å²) in [7, 11) is 0. The normalized spacial score (nSPS) is 14.8. The molecule has 0 aliphatic heterocycles. The number of thioether (sulfide) groups is 1. The molecule has 29 heavy (non-hydrogen) atoms. The van der Waals surface area contributed by atoms with Crippen LogP contribution in [0.1, 0.15) is 42.6 Å². The van der Waals surface area contributed by atoms with Gasteiger partial charge in [0.1, 0.15) is 0 Å². The largest absolute Gasteiger partial charge is 0.338 e. The van der Waals surface area contributed by atoms with Gasteiger partial charge in [-0.1, -0.05) is 46.7 Å². The molecule has 146 valence electrons. The summed E-state index contributed by atoms with van der Waals surface area (Å²) >= 11 is 7.61. The van der Waals surface area contributed by atoms with E-state index < -0.39 is 0 Å². The summed E-state index contributed by atoms with van der Waals surface area (Å²) in [6.07, 6.45) is 2.29. The Morgan fingerprint density at radius 3 is 2.55 bits per heavy atom. The van der Waals surface area contributed by atoms with Crippen molar-refractivity contribution >= 4 is 23.4 Å². The zero-order valence-electron chi connectivity index (χ0n) is 15.7. The average Bonchev–Trinajstić information content (AvgIpc) is 3.32. The summed E-state index contributed by atoms with van der Waals surface area (Å²) in [4.78, 5) is 4.57. The molecule has 1 atom stereocenters. The highest BCUT2D eigenvalue weighted by atomic mass is 35.5. The topological polar surface area (TPSA) is 69.6 Å². The molecule has 0 radical (unpaired) electrons. The maximum atomic E-state index is 6.06. The van der Waals surface area contributed by atoms with E-state index in [9.17, 15) is 0 Å². The third-order valence-corrected chi connectivity index (χ3v) is 6.06. The van der Waals surface area contributed by atoms with Gasteiger partial charge in [-0.3, -0.25) is 4.57 Å². The van der Waals surface area contributed by atoms with Gasteiger partial charge in [0, 0.05) is 22.2 Å². The molecule has 0 spiro atoms. The van der Waals surface area contributed by atoms with Gasteiger partial charge in [0.05, 0.1) is 5.25 Å². The molecule has 0 saturated heterocycles. The SMILES string of the molecule is CC(Sc1nnc(-c2ccc(Cl)cc2)n1-c1ccccc1)c1nc(C2CC2)no1. The van der Waals surface area contributed by atoms with E-state index in [1.54, 1.807) is 11.8 Å². The minimum atomic E-state index is -0.0419. The van der Waals surface area contributed by atoms with Crippen LogP contribution >= 0.6 is 23.4 Å². The second-order valence-electron chi connectivity index (χ2n) is 7.01. The van der Waals surface area contributed by atoms with Gasteiger partial charge in [-0.25, -0.2) is 0 Å². The molecule has 5 rings (SSSR count). The Kier molecular flexibility index (Phi) is 4.85. The zero-order valence-corrected chi connectivity index (χ0v) is 17.3. The monoisotopic (exact) mass is 423 g/mol. The Morgan fingerprint density at radius 2 is 1.83 bits per heavy atom. The van der Waals surface area contributed by atoms with Gasteiger partial charge in [0.15, 0.2) is 16.8 Å². The maximum Gasteiger partial charge on any atom is 0.239 e. The number of para-hydroxylation sites is 1. The van der Waals surface area contributed by atoms with Crippen molar-refractivity contribution in [3.05, 3.63) is 71.3 Å². The standard InChI is InChI=1S/C21H18ClN5OS/c1-13(20-23-18(26-28-20)14-7-8-14)29-21-25-24-19(15-9-11-16(22)12-10-15)27(21)17-5-3-2-4-6-17/h2-6,9-14H,7-8H2,1H3. The van der Waals surface area contributed by atoms with Gasteiger partial charge in [-0.15, -0.1) is 10.2 Å². The summed E-state index contributed by atoms with van der Waals surface area (Å²) in [6.45, 7) is 2.04. The van der Waals surface area contributed by atoms with Crippen LogP contribution in [-0.2, 0) is 0 Å². The van der Waals surface area contributed by atoms with Crippen LogP contribution in [0.3, 0.4) is 0 Å². The lowest BCUT2D eigenvalue weighted by atomic mass is 10.2. The molecular weight excluding hydrogens is 406 g/mol. The average molecular weight is 424 g/mol. The number of benzene rings is 2. The quantitative estimate of drug-likeness (QED) is 0.370. The first kappa shape index (κ1) is 18.4. The molecule has 1 fully saturated rings. The lowest BCUT2D eigenvalue weighted by molar-refractivity contribution is 0.374. The van der Waals surface area contributed by atoms with E-state index in [-0.39, 0.29) is 5.25 Å². The number of hydrogen-bond donors (Lipinski definition) is 0. The fourth-order valence-corrected chi connectivity index (χ4v) is 4.09. The highest BCUT2D eigenvalue weighted by molar-refractivity contribution is 7.99. The van der Waals surface area contributed by atoms with Gasteiger partial charge in [0.25, 0.3) is 0 Å². The van der Waals surface area contributed by atoms with Crippen LogP contribution < -0.4 is 0 Å². The molecule has 4 aromatic rings. The lowest BCUT2D eigenvalue weighted by Crippen LogP contribution is -2.01. The van der Waals surface area contributed by atoms with Crippen molar-refractivity contribution in [2.24, 2.45) is 0 Å². The first-order chi connectivity index (χ1) is 14.2. The molecule has 1 aliphatic carbocycles. The van der Waals surface area contributed by atoms with Crippen LogP contribution in [0.4, 0.5) is 0 Å². The Labute approximate surface area is 177 Å². The third-order valence-electron chi connectivity index (χ3n) is 4.78. The molecule has 1 saturated carbocycles. The Morgan fingerprint density at radius 1 is 1.07 bits per heavy atom. The van der Waals surface area contributed by atoms with Crippen molar-refractivity contribution in [2.45, 2.75) is 36.1 Å². The summed E-state index contributed by atoms with van der Waals surface area (Å²) in [5, 5.41) is 14.5. The van der Waals surface area contributed by atoms with Crippen LogP contribution in [0.5, 0.6) is 0 Å². The van der Waals surface area contributed by atoms with Gasteiger partial charge < -0.3 is 4.52 Å². The first-order valence-corrected chi connectivity index (χ1v) is 10.7. The van der Waals surface area contributed by atoms with Crippen LogP contribution in [0, 0.1) is 0 Å². The second kappa shape index (κ2) is 7.65. The van der Waals surface area contributed by atoms with Gasteiger partial charge in [-0.2, -0.15) is 4.98 Å². The van der Waals surface area contributed by atoms with E-state index in [0.29, 0.717) is 16.8 Å². The van der Waals surface area contributed by atoms with Crippen molar-refractivity contribution in [1.82, 2.24) is 24.9 Å². The minimum Gasteiger partial charge on any atom is -0.338 e. The first-order valence-electron chi connectivity index (χ1n) is 9.46. The van der Waals surface area contributed by atoms with Gasteiger partial charge in [0.2, 0.25) is 5.89 Å². The highest BCUT2D eigenvalue weighted by Crippen LogP contribution is 2.40. The summed E-state index contributed by atoms with van der Waals surface area (Å²) < 4.78 is 7.54. The fourth-order valence-electron chi connectivity index (χ4n) is 3.07. The maximum absolute atomic E-state index is 6.06. The lowest BCUT2D eigenvalue weighted by Gasteiger charge is -2.12. The van der Waals surface area contributed by atoms with E-state index in [1.165, 1.54) is 0 Å². The van der Waals surface area contributed by atoms with Crippen molar-refractivity contribution in [2.75, 3.05) is 0 Å². The zero-order chi connectivity index (χ0) is 19.8. The number of nitrogens with zero attached hydrogens (tertiary/aromatic N) is 5. The molecule has 2 aromatic carbocycles. The van der Waals surface area contributed by atoms with Crippen molar-refractivity contribution in [3.63, 3.8) is 0 Å². The molecule has 6 nitrogen and oxygen atoms in total. The number of rotatable bonds is 6. The van der Waals surface area contributed by atoms with E-state index in [2.05, 4.69) is 20.3 Å².